The summed E-state index contributed by atoms with van der Waals surface area (Å²) >= 11 is 0. The summed E-state index contributed by atoms with van der Waals surface area (Å²) in [5.74, 6) is 1.05. The van der Waals surface area contributed by atoms with Gasteiger partial charge in [0.15, 0.2) is 0 Å². The first-order chi connectivity index (χ1) is 13.4. The number of imide groups is 1. The van der Waals surface area contributed by atoms with E-state index in [-0.39, 0.29) is 30.8 Å². The summed E-state index contributed by atoms with van der Waals surface area (Å²) in [7, 11) is 0. The van der Waals surface area contributed by atoms with Crippen molar-refractivity contribution >= 4 is 17.8 Å². The van der Waals surface area contributed by atoms with Crippen LogP contribution in [-0.4, -0.2) is 65.9 Å². The zero-order valence-electron chi connectivity index (χ0n) is 17.5. The smallest absolute Gasteiger partial charge is 0.325 e. The van der Waals surface area contributed by atoms with Crippen LogP contribution in [0.25, 0.3) is 0 Å². The van der Waals surface area contributed by atoms with Crippen molar-refractivity contribution < 1.29 is 14.4 Å². The molecule has 1 aliphatic carbocycles. The first kappa shape index (κ1) is 21.1. The standard InChI is InChI=1S/C21H36N4O3/c1-16(2)5-11-24-12-6-17(7-13-24)15-22-18(26)8-14-25-19(27)21(23-20(25)28)9-3-4-10-21/h16-17H,3-15H2,1-2H3,(H,22,26)(H,23,28). The number of piperidine rings is 1. The van der Waals surface area contributed by atoms with E-state index in [4.69, 9.17) is 0 Å². The number of urea groups is 1. The molecule has 0 aromatic carbocycles. The van der Waals surface area contributed by atoms with Crippen LogP contribution >= 0.6 is 0 Å². The Hall–Kier alpha value is -1.63. The molecule has 2 aliphatic heterocycles. The summed E-state index contributed by atoms with van der Waals surface area (Å²) < 4.78 is 0. The molecule has 158 valence electrons. The Morgan fingerprint density at radius 3 is 2.50 bits per heavy atom. The van der Waals surface area contributed by atoms with Gasteiger partial charge in [-0.2, -0.15) is 0 Å². The van der Waals surface area contributed by atoms with Gasteiger partial charge in [0.25, 0.3) is 5.91 Å². The summed E-state index contributed by atoms with van der Waals surface area (Å²) in [5.41, 5.74) is -0.683. The fraction of sp³-hybridized carbons (Fsp3) is 0.857. The average Bonchev–Trinajstić information content (AvgIpc) is 3.23. The molecular weight excluding hydrogens is 356 g/mol. The van der Waals surface area contributed by atoms with Gasteiger partial charge in [-0.3, -0.25) is 14.5 Å². The van der Waals surface area contributed by atoms with Crippen LogP contribution in [0.1, 0.15) is 65.2 Å². The van der Waals surface area contributed by atoms with Crippen molar-refractivity contribution in [3.63, 3.8) is 0 Å². The topological polar surface area (TPSA) is 81.8 Å². The second-order valence-corrected chi connectivity index (χ2v) is 9.20. The van der Waals surface area contributed by atoms with Gasteiger partial charge in [-0.15, -0.1) is 0 Å². The Morgan fingerprint density at radius 2 is 1.86 bits per heavy atom. The summed E-state index contributed by atoms with van der Waals surface area (Å²) in [6, 6.07) is -0.339. The number of nitrogens with zero attached hydrogens (tertiary/aromatic N) is 2. The zero-order valence-corrected chi connectivity index (χ0v) is 17.5. The van der Waals surface area contributed by atoms with Crippen molar-refractivity contribution in [2.75, 3.05) is 32.7 Å². The highest BCUT2D eigenvalue weighted by molar-refractivity contribution is 6.07. The third kappa shape index (κ3) is 5.04. The van der Waals surface area contributed by atoms with Crippen LogP contribution in [0.3, 0.4) is 0 Å². The zero-order chi connectivity index (χ0) is 20.1. The molecule has 2 N–H and O–H groups in total. The molecular formula is C21H36N4O3. The number of amides is 4. The molecule has 0 unspecified atom stereocenters. The van der Waals surface area contributed by atoms with Crippen molar-refractivity contribution in [2.45, 2.75) is 70.8 Å². The van der Waals surface area contributed by atoms with Crippen LogP contribution in [0.4, 0.5) is 4.79 Å². The quantitative estimate of drug-likeness (QED) is 0.620. The minimum Gasteiger partial charge on any atom is -0.356 e. The first-order valence-corrected chi connectivity index (χ1v) is 11.0. The Kier molecular flexibility index (Phi) is 6.96. The predicted molar refractivity (Wildman–Crippen MR) is 108 cm³/mol. The monoisotopic (exact) mass is 392 g/mol. The molecule has 2 saturated heterocycles. The van der Waals surface area contributed by atoms with Crippen molar-refractivity contribution in [3.8, 4) is 0 Å². The maximum Gasteiger partial charge on any atom is 0.325 e. The normalized spacial score (nSPS) is 23.0. The second-order valence-electron chi connectivity index (χ2n) is 9.20. The van der Waals surface area contributed by atoms with E-state index in [2.05, 4.69) is 29.4 Å². The molecule has 3 aliphatic rings. The molecule has 0 atom stereocenters. The van der Waals surface area contributed by atoms with Crippen molar-refractivity contribution in [2.24, 2.45) is 11.8 Å². The van der Waals surface area contributed by atoms with Gasteiger partial charge >= 0.3 is 6.03 Å². The fourth-order valence-electron chi connectivity index (χ4n) is 4.61. The Balaban J connectivity index is 1.33. The summed E-state index contributed by atoms with van der Waals surface area (Å²) in [5, 5.41) is 5.86. The van der Waals surface area contributed by atoms with Gasteiger partial charge in [0.05, 0.1) is 0 Å². The van der Waals surface area contributed by atoms with Crippen LogP contribution < -0.4 is 10.6 Å². The highest BCUT2D eigenvalue weighted by atomic mass is 16.2. The third-order valence-electron chi connectivity index (χ3n) is 6.58. The minimum absolute atomic E-state index is 0.0739. The second kappa shape index (κ2) is 9.25. The van der Waals surface area contributed by atoms with E-state index in [0.29, 0.717) is 12.5 Å². The molecule has 1 spiro atoms. The lowest BCUT2D eigenvalue weighted by Crippen LogP contribution is -2.44. The number of hydrogen-bond acceptors (Lipinski definition) is 4. The molecule has 0 bridgehead atoms. The molecule has 3 fully saturated rings. The van der Waals surface area contributed by atoms with Gasteiger partial charge in [-0.05, 0) is 63.6 Å². The third-order valence-corrected chi connectivity index (χ3v) is 6.58. The van der Waals surface area contributed by atoms with Crippen molar-refractivity contribution in [1.82, 2.24) is 20.4 Å². The maximum atomic E-state index is 12.6. The molecule has 4 amide bonds. The number of likely N-dealkylation sites (tertiary alicyclic amines) is 1. The molecule has 0 aromatic rings. The van der Waals surface area contributed by atoms with Crippen LogP contribution in [0, 0.1) is 11.8 Å². The maximum absolute atomic E-state index is 12.6. The Bertz CT molecular complexity index is 578. The van der Waals surface area contributed by atoms with Gasteiger partial charge in [0.1, 0.15) is 5.54 Å². The lowest BCUT2D eigenvalue weighted by Gasteiger charge is -2.32. The molecule has 0 aromatic heterocycles. The molecule has 7 heteroatoms. The average molecular weight is 393 g/mol. The molecule has 0 radical (unpaired) electrons. The van der Waals surface area contributed by atoms with Gasteiger partial charge in [-0.1, -0.05) is 26.7 Å². The van der Waals surface area contributed by atoms with Gasteiger partial charge in [-0.25, -0.2) is 4.79 Å². The highest BCUT2D eigenvalue weighted by Gasteiger charge is 2.52. The van der Waals surface area contributed by atoms with Crippen LogP contribution in [0.2, 0.25) is 0 Å². The molecule has 7 nitrogen and oxygen atoms in total. The summed E-state index contributed by atoms with van der Waals surface area (Å²) in [6.45, 7) is 8.77. The van der Waals surface area contributed by atoms with Crippen LogP contribution in [-0.2, 0) is 9.59 Å². The van der Waals surface area contributed by atoms with Gasteiger partial charge in [0, 0.05) is 19.5 Å². The molecule has 3 rings (SSSR count). The van der Waals surface area contributed by atoms with E-state index >= 15 is 0 Å². The molecule has 1 saturated carbocycles. The van der Waals surface area contributed by atoms with E-state index in [0.717, 1.165) is 57.5 Å². The van der Waals surface area contributed by atoms with E-state index < -0.39 is 5.54 Å². The van der Waals surface area contributed by atoms with Gasteiger partial charge < -0.3 is 15.5 Å². The number of hydrogen-bond donors (Lipinski definition) is 2. The number of nitrogens with one attached hydrogen (secondary N) is 2. The molecule has 2 heterocycles. The first-order valence-electron chi connectivity index (χ1n) is 11.0. The number of carbonyl (C=O) groups is 3. The Labute approximate surface area is 168 Å². The minimum atomic E-state index is -0.683. The number of carbonyl (C=O) groups excluding carboxylic acids is 3. The fourth-order valence-corrected chi connectivity index (χ4v) is 4.61. The van der Waals surface area contributed by atoms with E-state index in [1.807, 2.05) is 0 Å². The largest absolute Gasteiger partial charge is 0.356 e. The summed E-state index contributed by atoms with van der Waals surface area (Å²) in [4.78, 5) is 40.7. The van der Waals surface area contributed by atoms with E-state index in [1.54, 1.807) is 0 Å². The highest BCUT2D eigenvalue weighted by Crippen LogP contribution is 2.35. The van der Waals surface area contributed by atoms with E-state index in [1.165, 1.54) is 17.9 Å². The SMILES string of the molecule is CC(C)CCN1CCC(CNC(=O)CCN2C(=O)NC3(CCCC3)C2=O)CC1. The predicted octanol–water partition coefficient (Wildman–Crippen LogP) is 2.12. The van der Waals surface area contributed by atoms with Gasteiger partial charge in [0.2, 0.25) is 5.91 Å². The van der Waals surface area contributed by atoms with Crippen LogP contribution in [0.15, 0.2) is 0 Å². The lowest BCUT2D eigenvalue weighted by atomic mass is 9.96. The number of rotatable bonds is 8. The molecule has 28 heavy (non-hydrogen) atoms. The summed E-state index contributed by atoms with van der Waals surface area (Å²) in [6.07, 6.45) is 7.04. The Morgan fingerprint density at radius 1 is 1.18 bits per heavy atom. The van der Waals surface area contributed by atoms with E-state index in [9.17, 15) is 14.4 Å². The lowest BCUT2D eigenvalue weighted by molar-refractivity contribution is -0.131. The van der Waals surface area contributed by atoms with Crippen molar-refractivity contribution in [3.05, 3.63) is 0 Å². The van der Waals surface area contributed by atoms with Crippen LogP contribution in [0.5, 0.6) is 0 Å². The van der Waals surface area contributed by atoms with Crippen molar-refractivity contribution in [1.29, 1.82) is 0 Å².